The van der Waals surface area contributed by atoms with Crippen LogP contribution in [0, 0.1) is 0 Å². The van der Waals surface area contributed by atoms with Crippen LogP contribution in [0.3, 0.4) is 0 Å². The van der Waals surface area contributed by atoms with Gasteiger partial charge in [-0.15, -0.1) is 0 Å². The number of thioether (sulfide) groups is 1. The maximum atomic E-state index is 10.8. The first-order chi connectivity index (χ1) is 5.70. The van der Waals surface area contributed by atoms with Crippen LogP contribution < -0.4 is 0 Å². The van der Waals surface area contributed by atoms with Gasteiger partial charge in [-0.25, -0.2) is 0 Å². The number of hydrogen-bond donors (Lipinski definition) is 0. The van der Waals surface area contributed by atoms with Crippen molar-refractivity contribution in [3.05, 3.63) is 35.9 Å². The highest BCUT2D eigenvalue weighted by Gasteiger charge is 2.06. The maximum absolute atomic E-state index is 10.8. The molecule has 0 aromatic heterocycles. The Morgan fingerprint density at radius 1 is 1.33 bits per heavy atom. The normalized spacial score (nSPS) is 12.5. The summed E-state index contributed by atoms with van der Waals surface area (Å²) in [6, 6.07) is 10.1. The number of carbonyl (C=O) groups excluding carboxylic acids is 1. The number of carbonyl (C=O) groups is 1. The van der Waals surface area contributed by atoms with E-state index in [-0.39, 0.29) is 10.4 Å². The Kier molecular flexibility index (Phi) is 3.35. The fourth-order valence-corrected chi connectivity index (χ4v) is 1.83. The van der Waals surface area contributed by atoms with Crippen LogP contribution in [0.25, 0.3) is 0 Å². The van der Waals surface area contributed by atoms with Crippen molar-refractivity contribution in [1.82, 2.24) is 0 Å². The molecule has 0 aliphatic carbocycles. The molecule has 1 aromatic carbocycles. The van der Waals surface area contributed by atoms with E-state index in [1.807, 2.05) is 37.3 Å². The summed E-state index contributed by atoms with van der Waals surface area (Å²) in [7, 11) is 0. The SMILES string of the molecule is CC(=O)SC(C)c1ccccc1. The van der Waals surface area contributed by atoms with Crippen LogP contribution in [-0.2, 0) is 4.79 Å². The quantitative estimate of drug-likeness (QED) is 0.696. The Morgan fingerprint density at radius 3 is 2.42 bits per heavy atom. The summed E-state index contributed by atoms with van der Waals surface area (Å²) in [5, 5.41) is 0.440. The van der Waals surface area contributed by atoms with Gasteiger partial charge in [-0.05, 0) is 12.5 Å². The topological polar surface area (TPSA) is 17.1 Å². The Labute approximate surface area is 77.2 Å². The molecule has 0 N–H and O–H groups in total. The minimum absolute atomic E-state index is 0.173. The van der Waals surface area contributed by atoms with Gasteiger partial charge < -0.3 is 0 Å². The molecule has 1 atom stereocenters. The molecule has 12 heavy (non-hydrogen) atoms. The Morgan fingerprint density at radius 2 is 1.92 bits per heavy atom. The Bertz CT molecular complexity index is 256. The lowest BCUT2D eigenvalue weighted by atomic mass is 10.2. The average Bonchev–Trinajstić information content (AvgIpc) is 2.05. The predicted octanol–water partition coefficient (Wildman–Crippen LogP) is 3.03. The highest BCUT2D eigenvalue weighted by molar-refractivity contribution is 8.13. The van der Waals surface area contributed by atoms with Gasteiger partial charge in [0, 0.05) is 12.2 Å². The molecule has 0 amide bonds. The third kappa shape index (κ3) is 2.70. The lowest BCUT2D eigenvalue weighted by molar-refractivity contribution is -0.109. The molecule has 0 bridgehead atoms. The van der Waals surface area contributed by atoms with Gasteiger partial charge in [-0.3, -0.25) is 4.79 Å². The zero-order chi connectivity index (χ0) is 8.97. The molecule has 1 unspecified atom stereocenters. The largest absolute Gasteiger partial charge is 0.288 e. The first-order valence-electron chi connectivity index (χ1n) is 3.92. The minimum Gasteiger partial charge on any atom is -0.288 e. The van der Waals surface area contributed by atoms with E-state index in [1.165, 1.54) is 17.3 Å². The first-order valence-corrected chi connectivity index (χ1v) is 4.80. The van der Waals surface area contributed by atoms with E-state index in [2.05, 4.69) is 0 Å². The van der Waals surface area contributed by atoms with E-state index in [0.29, 0.717) is 0 Å². The van der Waals surface area contributed by atoms with Crippen molar-refractivity contribution in [2.24, 2.45) is 0 Å². The van der Waals surface area contributed by atoms with E-state index in [1.54, 1.807) is 6.92 Å². The van der Waals surface area contributed by atoms with Crippen LogP contribution in [0.5, 0.6) is 0 Å². The summed E-state index contributed by atoms with van der Waals surface area (Å²) in [4.78, 5) is 10.8. The third-order valence-electron chi connectivity index (χ3n) is 1.61. The van der Waals surface area contributed by atoms with Gasteiger partial charge in [0.25, 0.3) is 0 Å². The lowest BCUT2D eigenvalue weighted by Crippen LogP contribution is -1.91. The summed E-state index contributed by atoms with van der Waals surface area (Å²) in [5.74, 6) is 0. The molecule has 0 radical (unpaired) electrons. The standard InChI is InChI=1S/C10H12OS/c1-8(12-9(2)11)10-6-4-3-5-7-10/h3-8H,1-2H3. The Balaban J connectivity index is 2.65. The predicted molar refractivity (Wildman–Crippen MR) is 53.1 cm³/mol. The van der Waals surface area contributed by atoms with Gasteiger partial charge >= 0.3 is 0 Å². The van der Waals surface area contributed by atoms with Gasteiger partial charge in [-0.1, -0.05) is 42.1 Å². The van der Waals surface area contributed by atoms with Crippen molar-refractivity contribution in [2.75, 3.05) is 0 Å². The molecule has 0 aliphatic rings. The fourth-order valence-electron chi connectivity index (χ4n) is 1.04. The second-order valence-corrected chi connectivity index (χ2v) is 4.18. The van der Waals surface area contributed by atoms with Crippen molar-refractivity contribution in [2.45, 2.75) is 19.1 Å². The van der Waals surface area contributed by atoms with Gasteiger partial charge in [0.2, 0.25) is 0 Å². The zero-order valence-corrected chi connectivity index (χ0v) is 8.10. The molecule has 1 rings (SSSR count). The molecule has 64 valence electrons. The summed E-state index contributed by atoms with van der Waals surface area (Å²) in [5.41, 5.74) is 1.21. The van der Waals surface area contributed by atoms with Crippen LogP contribution in [0.4, 0.5) is 0 Å². The molecule has 1 aromatic rings. The molecule has 0 saturated carbocycles. The van der Waals surface area contributed by atoms with Gasteiger partial charge in [-0.2, -0.15) is 0 Å². The van der Waals surface area contributed by atoms with Crippen molar-refractivity contribution < 1.29 is 4.79 Å². The second kappa shape index (κ2) is 4.31. The van der Waals surface area contributed by atoms with Crippen LogP contribution >= 0.6 is 11.8 Å². The van der Waals surface area contributed by atoms with Crippen molar-refractivity contribution >= 4 is 16.9 Å². The maximum Gasteiger partial charge on any atom is 0.186 e. The first kappa shape index (κ1) is 9.33. The monoisotopic (exact) mass is 180 g/mol. The average molecular weight is 180 g/mol. The van der Waals surface area contributed by atoms with Gasteiger partial charge in [0.05, 0.1) is 0 Å². The van der Waals surface area contributed by atoms with Crippen LogP contribution in [0.15, 0.2) is 30.3 Å². The molecule has 0 spiro atoms. The summed E-state index contributed by atoms with van der Waals surface area (Å²) in [6.07, 6.45) is 0. The molecule has 2 heteroatoms. The summed E-state index contributed by atoms with van der Waals surface area (Å²) < 4.78 is 0. The second-order valence-electron chi connectivity index (χ2n) is 2.66. The van der Waals surface area contributed by atoms with E-state index in [4.69, 9.17) is 0 Å². The highest BCUT2D eigenvalue weighted by atomic mass is 32.2. The van der Waals surface area contributed by atoms with Crippen molar-refractivity contribution in [3.8, 4) is 0 Å². The van der Waals surface area contributed by atoms with Crippen LogP contribution in [0.2, 0.25) is 0 Å². The minimum atomic E-state index is 0.173. The molecular weight excluding hydrogens is 168 g/mol. The zero-order valence-electron chi connectivity index (χ0n) is 7.28. The van der Waals surface area contributed by atoms with Crippen LogP contribution in [-0.4, -0.2) is 5.12 Å². The smallest absolute Gasteiger partial charge is 0.186 e. The summed E-state index contributed by atoms with van der Waals surface area (Å²) in [6.45, 7) is 3.64. The van der Waals surface area contributed by atoms with E-state index >= 15 is 0 Å². The third-order valence-corrected chi connectivity index (χ3v) is 2.57. The van der Waals surface area contributed by atoms with Crippen molar-refractivity contribution in [1.29, 1.82) is 0 Å². The number of benzene rings is 1. The highest BCUT2D eigenvalue weighted by Crippen LogP contribution is 2.27. The molecule has 0 saturated heterocycles. The molecule has 0 heterocycles. The van der Waals surface area contributed by atoms with E-state index < -0.39 is 0 Å². The lowest BCUT2D eigenvalue weighted by Gasteiger charge is -2.07. The van der Waals surface area contributed by atoms with E-state index in [0.717, 1.165) is 0 Å². The fraction of sp³-hybridized carbons (Fsp3) is 0.300. The number of hydrogen-bond acceptors (Lipinski definition) is 2. The molecule has 1 nitrogen and oxygen atoms in total. The molecule has 0 fully saturated rings. The molecule has 0 aliphatic heterocycles. The number of rotatable bonds is 2. The summed E-state index contributed by atoms with van der Waals surface area (Å²) >= 11 is 1.37. The Hall–Kier alpha value is -0.760. The molecular formula is C10H12OS. The van der Waals surface area contributed by atoms with Gasteiger partial charge in [0.1, 0.15) is 0 Å². The van der Waals surface area contributed by atoms with E-state index in [9.17, 15) is 4.79 Å². The van der Waals surface area contributed by atoms with Gasteiger partial charge in [0.15, 0.2) is 5.12 Å². The van der Waals surface area contributed by atoms with Crippen LogP contribution in [0.1, 0.15) is 24.7 Å². The van der Waals surface area contributed by atoms with Crippen molar-refractivity contribution in [3.63, 3.8) is 0 Å².